The zero-order chi connectivity index (χ0) is 23.1. The standard InChI is InChI=1S/C27H24N2O3S/c1-16-5-8-21(18(3)11-16)28-27-29(22-9-6-17(2)12-19(22)4)26(30)25(33-27)14-20-7-10-23-24(13-20)32-15-31-23/h5-14H,15H2,1-4H3. The molecule has 0 spiro atoms. The van der Waals surface area contributed by atoms with Crippen LogP contribution in [0.5, 0.6) is 11.5 Å². The van der Waals surface area contributed by atoms with Crippen LogP contribution in [-0.4, -0.2) is 17.9 Å². The summed E-state index contributed by atoms with van der Waals surface area (Å²) in [5, 5.41) is 0.644. The van der Waals surface area contributed by atoms with Crippen LogP contribution in [-0.2, 0) is 4.79 Å². The van der Waals surface area contributed by atoms with E-state index in [2.05, 4.69) is 19.1 Å². The molecule has 1 amide bonds. The number of aryl methyl sites for hydroxylation is 4. The van der Waals surface area contributed by atoms with Gasteiger partial charge in [-0.05, 0) is 86.5 Å². The second kappa shape index (κ2) is 8.45. The smallest absolute Gasteiger partial charge is 0.271 e. The molecule has 6 heteroatoms. The van der Waals surface area contributed by atoms with Crippen molar-refractivity contribution in [2.45, 2.75) is 27.7 Å². The number of anilines is 1. The van der Waals surface area contributed by atoms with Gasteiger partial charge in [0.1, 0.15) is 0 Å². The molecule has 0 atom stereocenters. The fourth-order valence-corrected chi connectivity index (χ4v) is 4.99. The first-order valence-corrected chi connectivity index (χ1v) is 11.6. The van der Waals surface area contributed by atoms with E-state index < -0.39 is 0 Å². The second-order valence-corrected chi connectivity index (χ2v) is 9.35. The number of ether oxygens (including phenoxy) is 2. The quantitative estimate of drug-likeness (QED) is 0.425. The molecule has 1 fully saturated rings. The van der Waals surface area contributed by atoms with Gasteiger partial charge in [-0.3, -0.25) is 9.69 Å². The molecule has 2 aliphatic heterocycles. The Morgan fingerprint density at radius 1 is 0.879 bits per heavy atom. The van der Waals surface area contributed by atoms with E-state index in [4.69, 9.17) is 14.5 Å². The number of fused-ring (bicyclic) bond motifs is 1. The molecule has 0 unspecified atom stereocenters. The maximum absolute atomic E-state index is 13.6. The van der Waals surface area contributed by atoms with E-state index in [1.54, 1.807) is 4.90 Å². The number of amides is 1. The van der Waals surface area contributed by atoms with Crippen LogP contribution in [0.15, 0.2) is 64.5 Å². The summed E-state index contributed by atoms with van der Waals surface area (Å²) < 4.78 is 10.9. The number of aliphatic imine (C=N–C) groups is 1. The first-order valence-electron chi connectivity index (χ1n) is 10.8. The van der Waals surface area contributed by atoms with E-state index in [1.165, 1.54) is 17.3 Å². The van der Waals surface area contributed by atoms with Gasteiger partial charge in [-0.1, -0.05) is 41.5 Å². The number of thioether (sulfide) groups is 1. The molecule has 33 heavy (non-hydrogen) atoms. The van der Waals surface area contributed by atoms with E-state index in [0.29, 0.717) is 15.8 Å². The first-order chi connectivity index (χ1) is 15.9. The molecule has 0 saturated carbocycles. The average Bonchev–Trinajstić information content (AvgIpc) is 3.35. The summed E-state index contributed by atoms with van der Waals surface area (Å²) in [5.74, 6) is 1.32. The van der Waals surface area contributed by atoms with Crippen molar-refractivity contribution >= 4 is 40.3 Å². The van der Waals surface area contributed by atoms with Crippen LogP contribution in [0.4, 0.5) is 11.4 Å². The molecular formula is C27H24N2O3S. The Bertz CT molecular complexity index is 1340. The van der Waals surface area contributed by atoms with Crippen LogP contribution in [0.1, 0.15) is 27.8 Å². The molecule has 0 bridgehead atoms. The zero-order valence-corrected chi connectivity index (χ0v) is 19.8. The molecular weight excluding hydrogens is 432 g/mol. The number of carbonyl (C=O) groups excluding carboxylic acids is 1. The summed E-state index contributed by atoms with van der Waals surface area (Å²) >= 11 is 1.39. The van der Waals surface area contributed by atoms with E-state index in [-0.39, 0.29) is 12.7 Å². The Hall–Kier alpha value is -3.51. The lowest BCUT2D eigenvalue weighted by molar-refractivity contribution is -0.113. The van der Waals surface area contributed by atoms with E-state index >= 15 is 0 Å². The molecule has 3 aromatic rings. The monoisotopic (exact) mass is 456 g/mol. The number of benzene rings is 3. The van der Waals surface area contributed by atoms with Gasteiger partial charge in [-0.25, -0.2) is 4.99 Å². The van der Waals surface area contributed by atoms with Gasteiger partial charge in [0, 0.05) is 0 Å². The third kappa shape index (κ3) is 4.14. The molecule has 166 valence electrons. The first kappa shape index (κ1) is 21.3. The second-order valence-electron chi connectivity index (χ2n) is 8.34. The summed E-state index contributed by atoms with van der Waals surface area (Å²) in [5.41, 5.74) is 7.01. The highest BCUT2D eigenvalue weighted by atomic mass is 32.2. The maximum Gasteiger partial charge on any atom is 0.271 e. The Morgan fingerprint density at radius 3 is 2.36 bits per heavy atom. The van der Waals surface area contributed by atoms with Crippen molar-refractivity contribution in [1.29, 1.82) is 0 Å². The SMILES string of the molecule is Cc1ccc(N=C2SC(=Cc3ccc4c(c3)OCO4)C(=O)N2c2ccc(C)cc2C)c(C)c1. The predicted molar refractivity (Wildman–Crippen MR) is 135 cm³/mol. The van der Waals surface area contributed by atoms with Crippen LogP contribution < -0.4 is 14.4 Å². The van der Waals surface area contributed by atoms with Crippen LogP contribution in [0.25, 0.3) is 6.08 Å². The summed E-state index contributed by atoms with van der Waals surface area (Å²) in [6.07, 6.45) is 1.88. The van der Waals surface area contributed by atoms with Crippen LogP contribution >= 0.6 is 11.8 Å². The Kier molecular flexibility index (Phi) is 5.46. The van der Waals surface area contributed by atoms with Gasteiger partial charge in [0.25, 0.3) is 5.91 Å². The largest absolute Gasteiger partial charge is 0.454 e. The average molecular weight is 457 g/mol. The lowest BCUT2D eigenvalue weighted by atomic mass is 10.1. The number of hydrogen-bond donors (Lipinski definition) is 0. The molecule has 1 saturated heterocycles. The van der Waals surface area contributed by atoms with Crippen molar-refractivity contribution < 1.29 is 14.3 Å². The number of nitrogens with zero attached hydrogens (tertiary/aromatic N) is 2. The molecule has 5 rings (SSSR count). The molecule has 5 nitrogen and oxygen atoms in total. The number of carbonyl (C=O) groups is 1. The minimum absolute atomic E-state index is 0.0897. The Labute approximate surface area is 197 Å². The molecule has 2 heterocycles. The van der Waals surface area contributed by atoms with E-state index in [1.807, 2.05) is 69.3 Å². The highest BCUT2D eigenvalue weighted by Gasteiger charge is 2.35. The van der Waals surface area contributed by atoms with E-state index in [9.17, 15) is 4.79 Å². The summed E-state index contributed by atoms with van der Waals surface area (Å²) in [4.78, 5) is 20.9. The molecule has 0 aliphatic carbocycles. The van der Waals surface area contributed by atoms with Crippen LogP contribution in [0.2, 0.25) is 0 Å². The predicted octanol–water partition coefficient (Wildman–Crippen LogP) is 6.46. The number of amidine groups is 1. The van der Waals surface area contributed by atoms with Crippen molar-refractivity contribution in [3.05, 3.63) is 87.3 Å². The molecule has 0 radical (unpaired) electrons. The van der Waals surface area contributed by atoms with Gasteiger partial charge in [0.2, 0.25) is 6.79 Å². The van der Waals surface area contributed by atoms with Gasteiger partial charge in [-0.15, -0.1) is 0 Å². The lowest BCUT2D eigenvalue weighted by Gasteiger charge is -2.19. The highest BCUT2D eigenvalue weighted by Crippen LogP contribution is 2.40. The van der Waals surface area contributed by atoms with Crippen molar-refractivity contribution in [1.82, 2.24) is 0 Å². The van der Waals surface area contributed by atoms with Gasteiger partial charge < -0.3 is 9.47 Å². The van der Waals surface area contributed by atoms with Gasteiger partial charge in [0.15, 0.2) is 16.7 Å². The maximum atomic E-state index is 13.6. The van der Waals surface area contributed by atoms with Crippen LogP contribution in [0.3, 0.4) is 0 Å². The third-order valence-corrected chi connectivity index (χ3v) is 6.63. The summed E-state index contributed by atoms with van der Waals surface area (Å²) in [6, 6.07) is 17.9. The fraction of sp³-hybridized carbons (Fsp3) is 0.185. The van der Waals surface area contributed by atoms with Crippen molar-refractivity contribution in [3.63, 3.8) is 0 Å². The van der Waals surface area contributed by atoms with E-state index in [0.717, 1.165) is 39.4 Å². The fourth-order valence-electron chi connectivity index (χ4n) is 4.01. The van der Waals surface area contributed by atoms with Crippen molar-refractivity contribution in [2.24, 2.45) is 4.99 Å². The van der Waals surface area contributed by atoms with Gasteiger partial charge in [-0.2, -0.15) is 0 Å². The normalized spacial score (nSPS) is 17.5. The van der Waals surface area contributed by atoms with Gasteiger partial charge >= 0.3 is 0 Å². The Balaban J connectivity index is 1.59. The lowest BCUT2D eigenvalue weighted by Crippen LogP contribution is -2.29. The topological polar surface area (TPSA) is 51.1 Å². The van der Waals surface area contributed by atoms with Crippen molar-refractivity contribution in [3.8, 4) is 11.5 Å². The number of rotatable bonds is 3. The molecule has 3 aromatic carbocycles. The number of hydrogen-bond acceptors (Lipinski definition) is 5. The van der Waals surface area contributed by atoms with Crippen LogP contribution in [0, 0.1) is 27.7 Å². The zero-order valence-electron chi connectivity index (χ0n) is 19.0. The Morgan fingerprint density at radius 2 is 1.61 bits per heavy atom. The minimum Gasteiger partial charge on any atom is -0.454 e. The third-order valence-electron chi connectivity index (χ3n) is 5.66. The minimum atomic E-state index is -0.0897. The molecule has 0 N–H and O–H groups in total. The molecule has 0 aromatic heterocycles. The summed E-state index contributed by atoms with van der Waals surface area (Å²) in [6.45, 7) is 8.39. The molecule has 2 aliphatic rings. The summed E-state index contributed by atoms with van der Waals surface area (Å²) in [7, 11) is 0. The highest BCUT2D eigenvalue weighted by molar-refractivity contribution is 8.19. The van der Waals surface area contributed by atoms with Gasteiger partial charge in [0.05, 0.1) is 16.3 Å². The van der Waals surface area contributed by atoms with Crippen molar-refractivity contribution in [2.75, 3.05) is 11.7 Å².